The Morgan fingerprint density at radius 2 is 1.90 bits per heavy atom. The molecular formula is C16H17NO4. The van der Waals surface area contributed by atoms with Crippen LogP contribution in [0.2, 0.25) is 0 Å². The summed E-state index contributed by atoms with van der Waals surface area (Å²) in [6.07, 6.45) is -0.127. The summed E-state index contributed by atoms with van der Waals surface area (Å²) in [5, 5.41) is 8.79. The van der Waals surface area contributed by atoms with Gasteiger partial charge in [-0.1, -0.05) is 24.3 Å². The van der Waals surface area contributed by atoms with Crippen LogP contribution in [0.25, 0.3) is 0 Å². The van der Waals surface area contributed by atoms with Crippen LogP contribution in [0, 0.1) is 0 Å². The summed E-state index contributed by atoms with van der Waals surface area (Å²) in [5.74, 6) is 0.859. The molecule has 21 heavy (non-hydrogen) atoms. The number of para-hydroxylation sites is 2. The number of aliphatic carboxylic acids is 1. The predicted molar refractivity (Wildman–Crippen MR) is 78.7 cm³/mol. The predicted octanol–water partition coefficient (Wildman–Crippen LogP) is 2.96. The van der Waals surface area contributed by atoms with Gasteiger partial charge in [-0.25, -0.2) is 0 Å². The molecule has 1 unspecified atom stereocenters. The second kappa shape index (κ2) is 6.76. The Morgan fingerprint density at radius 3 is 2.57 bits per heavy atom. The van der Waals surface area contributed by atoms with Gasteiger partial charge < -0.3 is 20.3 Å². The molecule has 0 aliphatic carbocycles. The molecule has 0 aromatic heterocycles. The van der Waals surface area contributed by atoms with Gasteiger partial charge in [-0.2, -0.15) is 0 Å². The molecule has 2 rings (SSSR count). The number of carboxylic acids is 1. The normalized spacial score (nSPS) is 11.7. The SMILES string of the molecule is COc1ccccc1Oc1cccc(C(N)CC(=O)O)c1. The molecule has 110 valence electrons. The maximum Gasteiger partial charge on any atom is 0.305 e. The van der Waals surface area contributed by atoms with Crippen LogP contribution < -0.4 is 15.2 Å². The van der Waals surface area contributed by atoms with Crippen molar-refractivity contribution < 1.29 is 19.4 Å². The second-order valence-corrected chi connectivity index (χ2v) is 4.53. The molecule has 0 aliphatic rings. The van der Waals surface area contributed by atoms with E-state index in [0.29, 0.717) is 22.8 Å². The molecule has 1 atom stereocenters. The van der Waals surface area contributed by atoms with Gasteiger partial charge >= 0.3 is 5.97 Å². The average Bonchev–Trinajstić information content (AvgIpc) is 2.47. The van der Waals surface area contributed by atoms with Crippen LogP contribution in [0.3, 0.4) is 0 Å². The van der Waals surface area contributed by atoms with E-state index >= 15 is 0 Å². The zero-order chi connectivity index (χ0) is 15.2. The summed E-state index contributed by atoms with van der Waals surface area (Å²) >= 11 is 0. The minimum absolute atomic E-state index is 0.127. The molecular weight excluding hydrogens is 270 g/mol. The third-order valence-electron chi connectivity index (χ3n) is 2.98. The Labute approximate surface area is 122 Å². The summed E-state index contributed by atoms with van der Waals surface area (Å²) in [7, 11) is 1.57. The topological polar surface area (TPSA) is 81.8 Å². The van der Waals surface area contributed by atoms with Crippen molar-refractivity contribution in [1.82, 2.24) is 0 Å². The summed E-state index contributed by atoms with van der Waals surface area (Å²) < 4.78 is 11.0. The van der Waals surface area contributed by atoms with Crippen LogP contribution in [0.15, 0.2) is 48.5 Å². The Morgan fingerprint density at radius 1 is 1.19 bits per heavy atom. The minimum atomic E-state index is -0.932. The van der Waals surface area contributed by atoms with Crippen molar-refractivity contribution in [2.45, 2.75) is 12.5 Å². The first-order chi connectivity index (χ1) is 10.1. The fraction of sp³-hybridized carbons (Fsp3) is 0.188. The first-order valence-corrected chi connectivity index (χ1v) is 6.48. The molecule has 0 spiro atoms. The van der Waals surface area contributed by atoms with E-state index in [4.69, 9.17) is 20.3 Å². The van der Waals surface area contributed by atoms with E-state index in [1.54, 1.807) is 43.5 Å². The number of hydrogen-bond donors (Lipinski definition) is 2. The maximum absolute atomic E-state index is 10.7. The molecule has 0 bridgehead atoms. The smallest absolute Gasteiger partial charge is 0.305 e. The van der Waals surface area contributed by atoms with Crippen LogP contribution in [-0.2, 0) is 4.79 Å². The van der Waals surface area contributed by atoms with E-state index < -0.39 is 12.0 Å². The molecule has 0 amide bonds. The number of carbonyl (C=O) groups is 1. The van der Waals surface area contributed by atoms with Gasteiger partial charge in [-0.05, 0) is 29.8 Å². The largest absolute Gasteiger partial charge is 0.493 e. The molecule has 0 fully saturated rings. The number of rotatable bonds is 6. The molecule has 5 heteroatoms. The standard InChI is InChI=1S/C16H17NO4/c1-20-14-7-2-3-8-15(14)21-12-6-4-5-11(9-12)13(17)10-16(18)19/h2-9,13H,10,17H2,1H3,(H,18,19). The Bertz CT molecular complexity index is 627. The van der Waals surface area contributed by atoms with Crippen molar-refractivity contribution in [2.75, 3.05) is 7.11 Å². The third kappa shape index (κ3) is 3.97. The van der Waals surface area contributed by atoms with Gasteiger partial charge in [0.2, 0.25) is 0 Å². The van der Waals surface area contributed by atoms with Crippen LogP contribution in [0.4, 0.5) is 0 Å². The average molecular weight is 287 g/mol. The molecule has 0 heterocycles. The third-order valence-corrected chi connectivity index (χ3v) is 2.98. The summed E-state index contributed by atoms with van der Waals surface area (Å²) in [6, 6.07) is 13.8. The van der Waals surface area contributed by atoms with Crippen LogP contribution in [0.1, 0.15) is 18.0 Å². The van der Waals surface area contributed by atoms with E-state index in [9.17, 15) is 4.79 Å². The van der Waals surface area contributed by atoms with Crippen molar-refractivity contribution >= 4 is 5.97 Å². The van der Waals surface area contributed by atoms with Gasteiger partial charge in [0, 0.05) is 6.04 Å². The van der Waals surface area contributed by atoms with Crippen LogP contribution in [-0.4, -0.2) is 18.2 Å². The first-order valence-electron chi connectivity index (χ1n) is 6.48. The molecule has 2 aromatic rings. The molecule has 3 N–H and O–H groups in total. The van der Waals surface area contributed by atoms with Crippen molar-refractivity contribution in [3.05, 3.63) is 54.1 Å². The maximum atomic E-state index is 10.7. The Balaban J connectivity index is 2.19. The van der Waals surface area contributed by atoms with Gasteiger partial charge in [-0.15, -0.1) is 0 Å². The van der Waals surface area contributed by atoms with E-state index in [0.717, 1.165) is 0 Å². The van der Waals surface area contributed by atoms with Crippen molar-refractivity contribution in [2.24, 2.45) is 5.73 Å². The number of ether oxygens (including phenoxy) is 2. The number of hydrogen-bond acceptors (Lipinski definition) is 4. The lowest BCUT2D eigenvalue weighted by atomic mass is 10.0. The summed E-state index contributed by atoms with van der Waals surface area (Å²) in [6.45, 7) is 0. The summed E-state index contributed by atoms with van der Waals surface area (Å²) in [5.41, 5.74) is 6.57. The van der Waals surface area contributed by atoms with E-state index in [2.05, 4.69) is 0 Å². The summed E-state index contributed by atoms with van der Waals surface area (Å²) in [4.78, 5) is 10.7. The lowest BCUT2D eigenvalue weighted by Crippen LogP contribution is -2.14. The molecule has 0 aliphatic heterocycles. The Kier molecular flexibility index (Phi) is 4.79. The quantitative estimate of drug-likeness (QED) is 0.853. The first kappa shape index (κ1) is 14.9. The van der Waals surface area contributed by atoms with Gasteiger partial charge in [0.1, 0.15) is 5.75 Å². The van der Waals surface area contributed by atoms with E-state index in [-0.39, 0.29) is 6.42 Å². The van der Waals surface area contributed by atoms with Gasteiger partial charge in [0.05, 0.1) is 13.5 Å². The zero-order valence-corrected chi connectivity index (χ0v) is 11.7. The minimum Gasteiger partial charge on any atom is -0.493 e. The fourth-order valence-corrected chi connectivity index (χ4v) is 1.94. The molecule has 0 radical (unpaired) electrons. The van der Waals surface area contributed by atoms with Crippen LogP contribution >= 0.6 is 0 Å². The monoisotopic (exact) mass is 287 g/mol. The number of methoxy groups -OCH3 is 1. The highest BCUT2D eigenvalue weighted by Crippen LogP contribution is 2.31. The van der Waals surface area contributed by atoms with E-state index in [1.165, 1.54) is 0 Å². The lowest BCUT2D eigenvalue weighted by Gasteiger charge is -2.13. The number of benzene rings is 2. The Hall–Kier alpha value is -2.53. The van der Waals surface area contributed by atoms with Crippen molar-refractivity contribution in [3.8, 4) is 17.2 Å². The fourth-order valence-electron chi connectivity index (χ4n) is 1.94. The van der Waals surface area contributed by atoms with Gasteiger partial charge in [0.25, 0.3) is 0 Å². The van der Waals surface area contributed by atoms with E-state index in [1.807, 2.05) is 12.1 Å². The molecule has 0 saturated heterocycles. The van der Waals surface area contributed by atoms with Crippen LogP contribution in [0.5, 0.6) is 17.2 Å². The highest BCUT2D eigenvalue weighted by molar-refractivity contribution is 5.68. The molecule has 5 nitrogen and oxygen atoms in total. The molecule has 2 aromatic carbocycles. The lowest BCUT2D eigenvalue weighted by molar-refractivity contribution is -0.137. The zero-order valence-electron chi connectivity index (χ0n) is 11.7. The second-order valence-electron chi connectivity index (χ2n) is 4.53. The number of carboxylic acid groups (broad SMARTS) is 1. The van der Waals surface area contributed by atoms with Crippen molar-refractivity contribution in [3.63, 3.8) is 0 Å². The number of nitrogens with two attached hydrogens (primary N) is 1. The molecule has 0 saturated carbocycles. The van der Waals surface area contributed by atoms with Gasteiger partial charge in [-0.3, -0.25) is 4.79 Å². The van der Waals surface area contributed by atoms with Gasteiger partial charge in [0.15, 0.2) is 11.5 Å². The highest BCUT2D eigenvalue weighted by Gasteiger charge is 2.12. The van der Waals surface area contributed by atoms with Crippen molar-refractivity contribution in [1.29, 1.82) is 0 Å². The highest BCUT2D eigenvalue weighted by atomic mass is 16.5.